The fourth-order valence-corrected chi connectivity index (χ4v) is 5.18. The SMILES string of the molecule is CC(=[OH+])/C=C(/C)O.CC1(c2ccccc2)c2ccccc2-c2c[c-]c(-c3ccc4ccccc4n3)cc21.[Ir]. The fourth-order valence-electron chi connectivity index (χ4n) is 5.18. The first-order chi connectivity index (χ1) is 17.9. The smallest absolute Gasteiger partial charge is 0.316 e. The summed E-state index contributed by atoms with van der Waals surface area (Å²) in [6, 6.07) is 40.0. The van der Waals surface area contributed by atoms with Gasteiger partial charge in [0, 0.05) is 25.5 Å². The number of fused-ring (bicyclic) bond motifs is 4. The van der Waals surface area contributed by atoms with Gasteiger partial charge < -0.3 is 5.11 Å². The molecule has 0 fully saturated rings. The van der Waals surface area contributed by atoms with Crippen molar-refractivity contribution in [3.05, 3.63) is 138 Å². The number of carbonyl (C=O) groups excluding carboxylic acids is 1. The van der Waals surface area contributed by atoms with E-state index in [1.807, 2.05) is 12.1 Å². The molecule has 38 heavy (non-hydrogen) atoms. The molecule has 191 valence electrons. The number of rotatable bonds is 3. The van der Waals surface area contributed by atoms with E-state index in [0.717, 1.165) is 22.2 Å². The number of benzene rings is 4. The van der Waals surface area contributed by atoms with Gasteiger partial charge in [-0.25, -0.2) is 0 Å². The van der Waals surface area contributed by atoms with Gasteiger partial charge in [-0.1, -0.05) is 96.1 Å². The van der Waals surface area contributed by atoms with E-state index in [2.05, 4.69) is 104 Å². The Morgan fingerprint density at radius 1 is 0.842 bits per heavy atom. The second-order valence-electron chi connectivity index (χ2n) is 9.53. The van der Waals surface area contributed by atoms with Gasteiger partial charge in [0.05, 0.1) is 24.3 Å². The fraction of sp³-hybridized carbons (Fsp3) is 0.118. The average molecular weight is 676 g/mol. The number of aromatic nitrogens is 1. The molecule has 5 aromatic rings. The topological polar surface area (TPSA) is 54.5 Å². The third-order valence-electron chi connectivity index (χ3n) is 6.89. The van der Waals surface area contributed by atoms with E-state index in [1.54, 1.807) is 0 Å². The molecular weight excluding hydrogens is 647 g/mol. The van der Waals surface area contributed by atoms with Crippen LogP contribution in [0.15, 0.2) is 115 Å². The van der Waals surface area contributed by atoms with E-state index in [4.69, 9.17) is 14.9 Å². The summed E-state index contributed by atoms with van der Waals surface area (Å²) < 4.78 is 0. The van der Waals surface area contributed by atoms with Crippen molar-refractivity contribution in [2.45, 2.75) is 26.2 Å². The van der Waals surface area contributed by atoms with Crippen LogP contribution < -0.4 is 0 Å². The van der Waals surface area contributed by atoms with Crippen LogP contribution in [-0.2, 0) is 25.5 Å². The first kappa shape index (κ1) is 27.2. The summed E-state index contributed by atoms with van der Waals surface area (Å²) >= 11 is 0. The third kappa shape index (κ3) is 5.11. The number of pyridine rings is 1. The first-order valence-corrected chi connectivity index (χ1v) is 12.4. The zero-order valence-corrected chi connectivity index (χ0v) is 24.0. The van der Waals surface area contributed by atoms with Gasteiger partial charge in [0.1, 0.15) is 0 Å². The molecule has 1 aliphatic carbocycles. The Bertz CT molecular complexity index is 1640. The normalized spacial score (nSPS) is 15.5. The summed E-state index contributed by atoms with van der Waals surface area (Å²) in [5.74, 6) is 0.250. The second-order valence-corrected chi connectivity index (χ2v) is 9.53. The minimum absolute atomic E-state index is 0. The van der Waals surface area contributed by atoms with Crippen molar-refractivity contribution in [1.82, 2.24) is 4.98 Å². The van der Waals surface area contributed by atoms with Crippen molar-refractivity contribution in [2.75, 3.05) is 0 Å². The summed E-state index contributed by atoms with van der Waals surface area (Å²) in [5.41, 5.74) is 9.35. The summed E-state index contributed by atoms with van der Waals surface area (Å²) in [6.07, 6.45) is 1.28. The third-order valence-corrected chi connectivity index (χ3v) is 6.89. The molecule has 1 radical (unpaired) electrons. The molecule has 0 bridgehead atoms. The van der Waals surface area contributed by atoms with E-state index < -0.39 is 0 Å². The molecule has 4 aromatic carbocycles. The van der Waals surface area contributed by atoms with Crippen molar-refractivity contribution >= 4 is 16.7 Å². The maximum Gasteiger partial charge on any atom is 0.316 e. The van der Waals surface area contributed by atoms with E-state index in [1.165, 1.54) is 47.7 Å². The van der Waals surface area contributed by atoms with Crippen LogP contribution >= 0.6 is 0 Å². The predicted octanol–water partition coefficient (Wildman–Crippen LogP) is 8.05. The van der Waals surface area contributed by atoms with Crippen molar-refractivity contribution in [3.8, 4) is 22.4 Å². The molecule has 1 aliphatic rings. The molecule has 0 aliphatic heterocycles. The molecule has 0 saturated carbocycles. The molecule has 0 spiro atoms. The van der Waals surface area contributed by atoms with E-state index in [9.17, 15) is 0 Å². The Morgan fingerprint density at radius 2 is 1.53 bits per heavy atom. The van der Waals surface area contributed by atoms with Crippen LogP contribution in [0.4, 0.5) is 0 Å². The number of ketones is 1. The Balaban J connectivity index is 0.000000375. The Morgan fingerprint density at radius 3 is 2.24 bits per heavy atom. The number of nitrogens with zero attached hydrogens (tertiary/aromatic N) is 1. The van der Waals surface area contributed by atoms with Crippen LogP contribution in [-0.4, -0.2) is 20.7 Å². The number of allylic oxidation sites excluding steroid dienone is 2. The van der Waals surface area contributed by atoms with Crippen molar-refractivity contribution in [1.29, 1.82) is 0 Å². The van der Waals surface area contributed by atoms with Gasteiger partial charge in [0.25, 0.3) is 0 Å². The molecule has 1 unspecified atom stereocenters. The molecule has 1 aromatic heterocycles. The van der Waals surface area contributed by atoms with Crippen molar-refractivity contribution in [3.63, 3.8) is 0 Å². The van der Waals surface area contributed by atoms with E-state index in [0.29, 0.717) is 0 Å². The molecule has 4 heteroatoms. The Kier molecular flexibility index (Phi) is 8.06. The molecule has 2 N–H and O–H groups in total. The molecular formula is C34H29IrNO2. The molecule has 0 saturated heterocycles. The van der Waals surface area contributed by atoms with Gasteiger partial charge in [-0.2, -0.15) is 0 Å². The molecule has 3 nitrogen and oxygen atoms in total. The Hall–Kier alpha value is -3.85. The monoisotopic (exact) mass is 676 g/mol. The summed E-state index contributed by atoms with van der Waals surface area (Å²) in [6.45, 7) is 5.34. The van der Waals surface area contributed by atoms with Crippen LogP contribution in [0, 0.1) is 6.07 Å². The summed E-state index contributed by atoms with van der Waals surface area (Å²) in [5, 5.41) is 9.56. The van der Waals surface area contributed by atoms with E-state index >= 15 is 0 Å². The standard InChI is InChI=1S/C29H20N.C5H8O2.Ir/c1-29(22-10-3-2-4-11-22)25-13-7-6-12-23(25)24-17-15-21(19-26(24)29)28-18-16-20-9-5-8-14-27(20)30-28;1-4(6)3-5(2)7;/h2-14,16-19H,1H3;3,6H,1-2H3;/q-1;;/p+1/b;4-3-;. The van der Waals surface area contributed by atoms with Gasteiger partial charge >= 0.3 is 5.78 Å². The maximum absolute atomic E-state index is 8.40. The van der Waals surface area contributed by atoms with Crippen molar-refractivity contribution in [2.24, 2.45) is 0 Å². The van der Waals surface area contributed by atoms with Gasteiger partial charge in [-0.3, -0.25) is 9.78 Å². The maximum atomic E-state index is 8.40. The number of aliphatic hydroxyl groups is 1. The number of hydrogen-bond donors (Lipinski definition) is 1. The minimum Gasteiger partial charge on any atom is -0.512 e. The van der Waals surface area contributed by atoms with Crippen LogP contribution in [0.3, 0.4) is 0 Å². The van der Waals surface area contributed by atoms with Crippen LogP contribution in [0.2, 0.25) is 0 Å². The van der Waals surface area contributed by atoms with E-state index in [-0.39, 0.29) is 37.1 Å². The summed E-state index contributed by atoms with van der Waals surface area (Å²) in [4.78, 5) is 13.3. The number of hydrogen-bond acceptors (Lipinski definition) is 2. The predicted molar refractivity (Wildman–Crippen MR) is 152 cm³/mol. The van der Waals surface area contributed by atoms with Gasteiger partial charge in [-0.05, 0) is 42.1 Å². The van der Waals surface area contributed by atoms with Crippen LogP contribution in [0.25, 0.3) is 33.3 Å². The molecule has 6 rings (SSSR count). The number of para-hydroxylation sites is 1. The van der Waals surface area contributed by atoms with Crippen molar-refractivity contribution < 1.29 is 30.0 Å². The molecule has 1 heterocycles. The average Bonchev–Trinajstić information content (AvgIpc) is 3.17. The first-order valence-electron chi connectivity index (χ1n) is 12.4. The van der Waals surface area contributed by atoms with Crippen LogP contribution in [0.5, 0.6) is 0 Å². The molecule has 0 amide bonds. The molecule has 1 atom stereocenters. The van der Waals surface area contributed by atoms with Gasteiger partial charge in [-0.15, -0.1) is 29.3 Å². The Labute approximate surface area is 237 Å². The largest absolute Gasteiger partial charge is 0.512 e. The van der Waals surface area contributed by atoms with Gasteiger partial charge in [0.2, 0.25) is 0 Å². The van der Waals surface area contributed by atoms with Gasteiger partial charge in [0.15, 0.2) is 0 Å². The number of aliphatic hydroxyl groups excluding tert-OH is 1. The summed E-state index contributed by atoms with van der Waals surface area (Å²) in [7, 11) is 0. The second kappa shape index (κ2) is 11.3. The quantitative estimate of drug-likeness (QED) is 0.0911. The zero-order valence-electron chi connectivity index (χ0n) is 21.6. The zero-order chi connectivity index (χ0) is 26.0. The minimum atomic E-state index is -0.201. The van der Waals surface area contributed by atoms with Crippen LogP contribution in [0.1, 0.15) is 37.5 Å².